The molecular formula is C20H31N5OS. The summed E-state index contributed by atoms with van der Waals surface area (Å²) < 4.78 is 1.75. The fraction of sp³-hybridized carbons (Fsp3) is 0.600. The number of hydrogen-bond acceptors (Lipinski definition) is 5. The molecule has 1 atom stereocenters. The minimum Gasteiger partial charge on any atom is -0.348 e. The molecule has 1 unspecified atom stereocenters. The van der Waals surface area contributed by atoms with E-state index in [4.69, 9.17) is 0 Å². The van der Waals surface area contributed by atoms with Gasteiger partial charge in [-0.3, -0.25) is 4.79 Å². The van der Waals surface area contributed by atoms with Gasteiger partial charge in [-0.25, -0.2) is 4.68 Å². The molecule has 0 fully saturated rings. The predicted octanol–water partition coefficient (Wildman–Crippen LogP) is 4.16. The molecule has 0 saturated carbocycles. The number of hydrogen-bond donors (Lipinski definition) is 1. The zero-order chi connectivity index (χ0) is 20.2. The number of aromatic nitrogens is 4. The highest BCUT2D eigenvalue weighted by Crippen LogP contribution is 2.25. The molecule has 2 rings (SSSR count). The van der Waals surface area contributed by atoms with Gasteiger partial charge in [-0.15, -0.1) is 5.10 Å². The van der Waals surface area contributed by atoms with Gasteiger partial charge in [0.25, 0.3) is 0 Å². The molecule has 0 spiro atoms. The molecule has 7 heteroatoms. The summed E-state index contributed by atoms with van der Waals surface area (Å²) in [7, 11) is 0. The molecule has 0 aliphatic heterocycles. The van der Waals surface area contributed by atoms with Crippen molar-refractivity contribution in [2.24, 2.45) is 5.92 Å². The Kier molecular flexibility index (Phi) is 7.03. The molecule has 2 aromatic rings. The van der Waals surface area contributed by atoms with Crippen molar-refractivity contribution in [2.75, 3.05) is 5.75 Å². The maximum Gasteiger partial charge on any atom is 0.230 e. The first-order valence-corrected chi connectivity index (χ1v) is 10.4. The van der Waals surface area contributed by atoms with Crippen molar-refractivity contribution in [3.63, 3.8) is 0 Å². The zero-order valence-corrected chi connectivity index (χ0v) is 18.2. The van der Waals surface area contributed by atoms with Crippen LogP contribution in [-0.2, 0) is 10.3 Å². The smallest absolute Gasteiger partial charge is 0.230 e. The molecule has 1 heterocycles. The Bertz CT molecular complexity index is 746. The van der Waals surface area contributed by atoms with E-state index in [1.54, 1.807) is 4.68 Å². The summed E-state index contributed by atoms with van der Waals surface area (Å²) in [4.78, 5) is 12.6. The van der Waals surface area contributed by atoms with E-state index in [9.17, 15) is 4.79 Å². The van der Waals surface area contributed by atoms with E-state index in [0.717, 1.165) is 5.56 Å². The summed E-state index contributed by atoms with van der Waals surface area (Å²) in [6.07, 6.45) is 0. The van der Waals surface area contributed by atoms with Crippen molar-refractivity contribution in [2.45, 2.75) is 71.1 Å². The maximum absolute atomic E-state index is 12.6. The third-order valence-corrected chi connectivity index (χ3v) is 5.27. The van der Waals surface area contributed by atoms with Crippen molar-refractivity contribution in [3.05, 3.63) is 35.4 Å². The van der Waals surface area contributed by atoms with E-state index in [2.05, 4.69) is 72.8 Å². The number of carbonyl (C=O) groups is 1. The number of rotatable bonds is 7. The summed E-state index contributed by atoms with van der Waals surface area (Å²) in [5.41, 5.74) is 2.21. The Morgan fingerprint density at radius 3 is 2.22 bits per heavy atom. The van der Waals surface area contributed by atoms with Gasteiger partial charge in [0.1, 0.15) is 0 Å². The van der Waals surface area contributed by atoms with Crippen LogP contribution in [0.4, 0.5) is 0 Å². The van der Waals surface area contributed by atoms with Crippen LogP contribution in [0, 0.1) is 5.92 Å². The summed E-state index contributed by atoms with van der Waals surface area (Å²) in [5, 5.41) is 15.6. The highest BCUT2D eigenvalue weighted by atomic mass is 32.2. The van der Waals surface area contributed by atoms with Gasteiger partial charge in [0, 0.05) is 0 Å². The van der Waals surface area contributed by atoms with E-state index in [0.29, 0.717) is 17.0 Å². The van der Waals surface area contributed by atoms with Crippen LogP contribution < -0.4 is 5.32 Å². The fourth-order valence-electron chi connectivity index (χ4n) is 2.76. The van der Waals surface area contributed by atoms with Crippen LogP contribution in [0.1, 0.15) is 71.6 Å². The number of carbonyl (C=O) groups excluding carboxylic acids is 1. The molecule has 0 saturated heterocycles. The standard InChI is InChI=1S/C20H31N5OS/c1-13(2)15-8-10-16(11-9-15)18(14(3)4)21-17(26)12-27-19-22-23-24-25(19)20(5,6)7/h8-11,13-14,18H,12H2,1-7H3,(H,21,26). The molecule has 1 aromatic heterocycles. The minimum absolute atomic E-state index is 0.0158. The lowest BCUT2D eigenvalue weighted by molar-refractivity contribution is -0.119. The molecule has 0 aliphatic carbocycles. The Hall–Kier alpha value is -1.89. The summed E-state index contributed by atoms with van der Waals surface area (Å²) in [6.45, 7) is 14.7. The number of nitrogens with one attached hydrogen (secondary N) is 1. The van der Waals surface area contributed by atoms with Gasteiger partial charge in [-0.05, 0) is 54.2 Å². The predicted molar refractivity (Wildman–Crippen MR) is 110 cm³/mol. The van der Waals surface area contributed by atoms with Crippen molar-refractivity contribution in [3.8, 4) is 0 Å². The normalized spacial score (nSPS) is 13.2. The van der Waals surface area contributed by atoms with Crippen LogP contribution in [0.2, 0.25) is 0 Å². The third kappa shape index (κ3) is 5.79. The number of amides is 1. The Balaban J connectivity index is 2.02. The number of tetrazole rings is 1. The van der Waals surface area contributed by atoms with E-state index in [1.165, 1.54) is 17.3 Å². The number of thioether (sulfide) groups is 1. The van der Waals surface area contributed by atoms with Crippen LogP contribution in [0.15, 0.2) is 29.4 Å². The van der Waals surface area contributed by atoms with E-state index in [1.807, 2.05) is 20.8 Å². The second-order valence-electron chi connectivity index (χ2n) is 8.44. The first-order valence-electron chi connectivity index (χ1n) is 9.40. The minimum atomic E-state index is -0.221. The van der Waals surface area contributed by atoms with Crippen molar-refractivity contribution in [1.29, 1.82) is 0 Å². The molecule has 0 bridgehead atoms. The van der Waals surface area contributed by atoms with Crippen LogP contribution in [0.5, 0.6) is 0 Å². The lowest BCUT2D eigenvalue weighted by atomic mass is 9.93. The van der Waals surface area contributed by atoms with E-state index >= 15 is 0 Å². The maximum atomic E-state index is 12.6. The molecule has 0 radical (unpaired) electrons. The van der Waals surface area contributed by atoms with Gasteiger partial charge < -0.3 is 5.32 Å². The first kappa shape index (κ1) is 21.4. The number of benzene rings is 1. The monoisotopic (exact) mass is 389 g/mol. The molecule has 1 amide bonds. The van der Waals surface area contributed by atoms with Crippen LogP contribution in [-0.4, -0.2) is 31.9 Å². The van der Waals surface area contributed by atoms with Crippen molar-refractivity contribution in [1.82, 2.24) is 25.5 Å². The molecule has 6 nitrogen and oxygen atoms in total. The summed E-state index contributed by atoms with van der Waals surface area (Å²) in [6, 6.07) is 8.51. The van der Waals surface area contributed by atoms with Gasteiger partial charge in [-0.2, -0.15) is 0 Å². The average molecular weight is 390 g/mol. The van der Waals surface area contributed by atoms with Gasteiger partial charge in [-0.1, -0.05) is 63.7 Å². The number of nitrogens with zero attached hydrogens (tertiary/aromatic N) is 4. The lowest BCUT2D eigenvalue weighted by Gasteiger charge is -2.23. The van der Waals surface area contributed by atoms with Crippen molar-refractivity contribution < 1.29 is 4.79 Å². The van der Waals surface area contributed by atoms with Crippen molar-refractivity contribution >= 4 is 17.7 Å². The van der Waals surface area contributed by atoms with E-state index in [-0.39, 0.29) is 23.2 Å². The lowest BCUT2D eigenvalue weighted by Crippen LogP contribution is -2.33. The molecule has 27 heavy (non-hydrogen) atoms. The van der Waals surface area contributed by atoms with Gasteiger partial charge in [0.15, 0.2) is 0 Å². The SMILES string of the molecule is CC(C)c1ccc(C(NC(=O)CSc2nnnn2C(C)(C)C)C(C)C)cc1. The average Bonchev–Trinajstić information content (AvgIpc) is 3.06. The molecule has 1 aromatic carbocycles. The molecular weight excluding hydrogens is 358 g/mol. The molecule has 1 N–H and O–H groups in total. The van der Waals surface area contributed by atoms with Crippen LogP contribution >= 0.6 is 11.8 Å². The zero-order valence-electron chi connectivity index (χ0n) is 17.4. The Morgan fingerprint density at radius 1 is 1.11 bits per heavy atom. The van der Waals surface area contributed by atoms with Crippen LogP contribution in [0.3, 0.4) is 0 Å². The highest BCUT2D eigenvalue weighted by molar-refractivity contribution is 7.99. The fourth-order valence-corrected chi connectivity index (χ4v) is 3.63. The molecule has 0 aliphatic rings. The summed E-state index contributed by atoms with van der Waals surface area (Å²) >= 11 is 1.36. The second-order valence-corrected chi connectivity index (χ2v) is 9.39. The van der Waals surface area contributed by atoms with Gasteiger partial charge >= 0.3 is 0 Å². The second kappa shape index (κ2) is 8.87. The van der Waals surface area contributed by atoms with Gasteiger partial charge in [0.2, 0.25) is 11.1 Å². The first-order chi connectivity index (χ1) is 12.6. The Morgan fingerprint density at radius 2 is 1.70 bits per heavy atom. The third-order valence-electron chi connectivity index (χ3n) is 4.35. The van der Waals surface area contributed by atoms with E-state index < -0.39 is 0 Å². The largest absolute Gasteiger partial charge is 0.348 e. The molecule has 148 valence electrons. The summed E-state index contributed by atoms with van der Waals surface area (Å²) in [5.74, 6) is 1.05. The quantitative estimate of drug-likeness (QED) is 0.720. The highest BCUT2D eigenvalue weighted by Gasteiger charge is 2.22. The van der Waals surface area contributed by atoms with Crippen LogP contribution in [0.25, 0.3) is 0 Å². The Labute approximate surface area is 166 Å². The van der Waals surface area contributed by atoms with Gasteiger partial charge in [0.05, 0.1) is 17.3 Å². The topological polar surface area (TPSA) is 72.7 Å².